The number of carbonyl (C=O) groups is 1. The zero-order valence-electron chi connectivity index (χ0n) is 17.1. The summed E-state index contributed by atoms with van der Waals surface area (Å²) in [5.74, 6) is 0.805. The van der Waals surface area contributed by atoms with Crippen LogP contribution in [0.1, 0.15) is 42.0 Å². The quantitative estimate of drug-likeness (QED) is 0.387. The highest BCUT2D eigenvalue weighted by Crippen LogP contribution is 2.16. The Kier molecular flexibility index (Phi) is 9.90. The number of aliphatic imine (C=N–C) groups is 1. The number of carbonyl (C=O) groups excluding carboxylic acids is 1. The Morgan fingerprint density at radius 3 is 2.33 bits per heavy atom. The molecule has 1 aromatic rings. The van der Waals surface area contributed by atoms with Crippen LogP contribution in [0.3, 0.4) is 0 Å². The zero-order valence-corrected chi connectivity index (χ0v) is 19.4. The smallest absolute Gasteiger partial charge is 0.409 e. The lowest BCUT2D eigenvalue weighted by molar-refractivity contribution is 0.0963. The number of benzene rings is 1. The van der Waals surface area contributed by atoms with Crippen LogP contribution >= 0.6 is 24.0 Å². The molecule has 1 aromatic carbocycles. The Labute approximate surface area is 180 Å². The summed E-state index contributed by atoms with van der Waals surface area (Å²) in [5.41, 5.74) is 5.21. The van der Waals surface area contributed by atoms with Crippen LogP contribution in [-0.4, -0.2) is 49.7 Å². The van der Waals surface area contributed by atoms with Crippen LogP contribution in [0.25, 0.3) is 0 Å². The number of nitrogens with zero attached hydrogens (tertiary/aromatic N) is 2. The van der Waals surface area contributed by atoms with E-state index in [1.165, 1.54) is 22.3 Å². The summed E-state index contributed by atoms with van der Waals surface area (Å²) in [6.45, 7) is 10.9. The van der Waals surface area contributed by atoms with Crippen molar-refractivity contribution in [2.45, 2.75) is 53.1 Å². The first kappa shape index (κ1) is 23.5. The van der Waals surface area contributed by atoms with E-state index < -0.39 is 0 Å². The van der Waals surface area contributed by atoms with Crippen LogP contribution in [-0.2, 0) is 11.3 Å². The van der Waals surface area contributed by atoms with Gasteiger partial charge in [-0.1, -0.05) is 17.7 Å². The second-order valence-electron chi connectivity index (χ2n) is 6.91. The van der Waals surface area contributed by atoms with Crippen molar-refractivity contribution in [1.82, 2.24) is 15.5 Å². The fourth-order valence-electron chi connectivity index (χ4n) is 3.47. The minimum Gasteiger partial charge on any atom is -0.450 e. The van der Waals surface area contributed by atoms with E-state index in [1.54, 1.807) is 11.9 Å². The third-order valence-corrected chi connectivity index (χ3v) is 4.86. The number of ether oxygens (including phenoxy) is 1. The second kappa shape index (κ2) is 11.4. The van der Waals surface area contributed by atoms with Crippen molar-refractivity contribution in [3.8, 4) is 0 Å². The van der Waals surface area contributed by atoms with E-state index >= 15 is 0 Å². The molecule has 0 unspecified atom stereocenters. The Balaban J connectivity index is 0.00000364. The molecule has 27 heavy (non-hydrogen) atoms. The summed E-state index contributed by atoms with van der Waals surface area (Å²) in [6, 6.07) is 4.74. The molecule has 2 N–H and O–H groups in total. The molecule has 0 spiro atoms. The normalized spacial score (nSPS) is 15.1. The maximum Gasteiger partial charge on any atom is 0.409 e. The second-order valence-corrected chi connectivity index (χ2v) is 6.91. The van der Waals surface area contributed by atoms with Crippen LogP contribution in [0, 0.1) is 20.8 Å². The van der Waals surface area contributed by atoms with Crippen molar-refractivity contribution in [1.29, 1.82) is 0 Å². The summed E-state index contributed by atoms with van der Waals surface area (Å²) >= 11 is 0. The lowest BCUT2D eigenvalue weighted by atomic mass is 10.00. The molecule has 1 fully saturated rings. The number of amides is 1. The van der Waals surface area contributed by atoms with Gasteiger partial charge in [0.1, 0.15) is 0 Å². The Bertz CT molecular complexity index is 632. The maximum atomic E-state index is 11.8. The topological polar surface area (TPSA) is 66.0 Å². The molecule has 1 aliphatic heterocycles. The molecule has 0 atom stereocenters. The van der Waals surface area contributed by atoms with Gasteiger partial charge in [0.25, 0.3) is 0 Å². The molecule has 0 saturated carbocycles. The molecule has 1 amide bonds. The first-order valence-electron chi connectivity index (χ1n) is 9.40. The van der Waals surface area contributed by atoms with Gasteiger partial charge in [-0.2, -0.15) is 0 Å². The predicted octanol–water partition coefficient (Wildman–Crippen LogP) is 3.52. The molecule has 152 valence electrons. The third kappa shape index (κ3) is 6.86. The van der Waals surface area contributed by atoms with Crippen molar-refractivity contribution in [2.75, 3.05) is 26.7 Å². The van der Waals surface area contributed by atoms with Gasteiger partial charge in [0.2, 0.25) is 0 Å². The van der Waals surface area contributed by atoms with Gasteiger partial charge < -0.3 is 20.3 Å². The van der Waals surface area contributed by atoms with E-state index in [-0.39, 0.29) is 30.1 Å². The van der Waals surface area contributed by atoms with Gasteiger partial charge in [-0.15, -0.1) is 24.0 Å². The number of halogens is 1. The number of nitrogens with one attached hydrogen (secondary N) is 2. The average Bonchev–Trinajstić information content (AvgIpc) is 2.60. The van der Waals surface area contributed by atoms with Gasteiger partial charge in [0.05, 0.1) is 6.61 Å². The minimum absolute atomic E-state index is 0. The SMILES string of the molecule is CCOC(=O)N1CCC(NC(=NC)NCc2c(C)cc(C)cc2C)CC1.I. The number of hydrogen-bond donors (Lipinski definition) is 2. The zero-order chi connectivity index (χ0) is 19.1. The van der Waals surface area contributed by atoms with Crippen molar-refractivity contribution >= 4 is 36.0 Å². The van der Waals surface area contributed by atoms with E-state index in [0.29, 0.717) is 25.7 Å². The molecule has 0 aliphatic carbocycles. The molecule has 1 saturated heterocycles. The molecule has 1 aliphatic rings. The third-order valence-electron chi connectivity index (χ3n) is 4.86. The summed E-state index contributed by atoms with van der Waals surface area (Å²) in [7, 11) is 1.79. The Hall–Kier alpha value is -1.51. The first-order chi connectivity index (χ1) is 12.4. The van der Waals surface area contributed by atoms with Crippen molar-refractivity contribution in [2.24, 2.45) is 4.99 Å². The predicted molar refractivity (Wildman–Crippen MR) is 121 cm³/mol. The maximum absolute atomic E-state index is 11.8. The number of guanidine groups is 1. The first-order valence-corrected chi connectivity index (χ1v) is 9.40. The fraction of sp³-hybridized carbons (Fsp3) is 0.600. The summed E-state index contributed by atoms with van der Waals surface area (Å²) < 4.78 is 5.07. The monoisotopic (exact) mass is 488 g/mol. The lowest BCUT2D eigenvalue weighted by Crippen LogP contribution is -2.49. The number of hydrogen-bond acceptors (Lipinski definition) is 3. The van der Waals surface area contributed by atoms with Gasteiger partial charge in [-0.05, 0) is 57.2 Å². The van der Waals surface area contributed by atoms with E-state index in [9.17, 15) is 4.79 Å². The van der Waals surface area contributed by atoms with Gasteiger partial charge in [-0.25, -0.2) is 4.79 Å². The van der Waals surface area contributed by atoms with Crippen LogP contribution < -0.4 is 10.6 Å². The Morgan fingerprint density at radius 2 is 1.81 bits per heavy atom. The molecule has 0 radical (unpaired) electrons. The van der Waals surface area contributed by atoms with E-state index in [0.717, 1.165) is 25.3 Å². The van der Waals surface area contributed by atoms with Crippen LogP contribution in [0.4, 0.5) is 4.79 Å². The van der Waals surface area contributed by atoms with Crippen LogP contribution in [0.2, 0.25) is 0 Å². The molecule has 1 heterocycles. The highest BCUT2D eigenvalue weighted by atomic mass is 127. The largest absolute Gasteiger partial charge is 0.450 e. The number of rotatable bonds is 4. The van der Waals surface area contributed by atoms with E-state index in [1.807, 2.05) is 6.92 Å². The standard InChI is InChI=1S/C20H32N4O2.HI/c1-6-26-20(25)24-9-7-17(8-10-24)23-19(21-5)22-13-18-15(3)11-14(2)12-16(18)4;/h11-12,17H,6-10,13H2,1-5H3,(H2,21,22,23);1H. The van der Waals surface area contributed by atoms with Crippen LogP contribution in [0.15, 0.2) is 17.1 Å². The van der Waals surface area contributed by atoms with E-state index in [4.69, 9.17) is 4.74 Å². The Morgan fingerprint density at radius 1 is 1.22 bits per heavy atom. The lowest BCUT2D eigenvalue weighted by Gasteiger charge is -2.32. The number of likely N-dealkylation sites (tertiary alicyclic amines) is 1. The number of aryl methyl sites for hydroxylation is 3. The molecule has 2 rings (SSSR count). The summed E-state index contributed by atoms with van der Waals surface area (Å²) in [5, 5.41) is 6.90. The van der Waals surface area contributed by atoms with Crippen molar-refractivity contribution in [3.05, 3.63) is 34.4 Å². The van der Waals surface area contributed by atoms with Gasteiger partial charge in [0.15, 0.2) is 5.96 Å². The fourth-order valence-corrected chi connectivity index (χ4v) is 3.47. The molecule has 7 heteroatoms. The summed E-state index contributed by atoms with van der Waals surface area (Å²) in [6.07, 6.45) is 1.57. The molecule has 6 nitrogen and oxygen atoms in total. The highest BCUT2D eigenvalue weighted by Gasteiger charge is 2.24. The number of piperidine rings is 1. The van der Waals surface area contributed by atoms with Gasteiger partial charge >= 0.3 is 6.09 Å². The molecular weight excluding hydrogens is 455 g/mol. The van der Waals surface area contributed by atoms with Crippen molar-refractivity contribution in [3.63, 3.8) is 0 Å². The molecule has 0 bridgehead atoms. The average molecular weight is 488 g/mol. The highest BCUT2D eigenvalue weighted by molar-refractivity contribution is 14.0. The van der Waals surface area contributed by atoms with Crippen LogP contribution in [0.5, 0.6) is 0 Å². The summed E-state index contributed by atoms with van der Waals surface area (Å²) in [4.78, 5) is 17.9. The van der Waals surface area contributed by atoms with Gasteiger partial charge in [-0.3, -0.25) is 4.99 Å². The molecule has 0 aromatic heterocycles. The van der Waals surface area contributed by atoms with Crippen molar-refractivity contribution < 1.29 is 9.53 Å². The van der Waals surface area contributed by atoms with Gasteiger partial charge in [0, 0.05) is 32.7 Å². The molecular formula is C20H33IN4O2. The van der Waals surface area contributed by atoms with E-state index in [2.05, 4.69) is 48.5 Å². The minimum atomic E-state index is -0.209.